The van der Waals surface area contributed by atoms with Crippen LogP contribution in [-0.2, 0) is 27.0 Å². The average Bonchev–Trinajstić information content (AvgIpc) is 3.00. The summed E-state index contributed by atoms with van der Waals surface area (Å²) in [7, 11) is 1.55. The SMILES string of the molecule is C[C@H](NC(=O)Cc1ccc(F)cc1C(F)(F)F)C(=O)N[C@H]1N=C(c2ccccc2)c2ccccc2N(C)C1=O. The van der Waals surface area contributed by atoms with Crippen LogP contribution in [0.25, 0.3) is 0 Å². The van der Waals surface area contributed by atoms with E-state index in [1.54, 1.807) is 25.2 Å². The molecule has 7 nitrogen and oxygen atoms in total. The first-order chi connectivity index (χ1) is 18.5. The topological polar surface area (TPSA) is 90.9 Å². The van der Waals surface area contributed by atoms with Crippen LogP contribution in [0.3, 0.4) is 0 Å². The van der Waals surface area contributed by atoms with Crippen molar-refractivity contribution in [1.29, 1.82) is 0 Å². The van der Waals surface area contributed by atoms with Crippen LogP contribution in [0.1, 0.15) is 29.2 Å². The van der Waals surface area contributed by atoms with E-state index in [1.165, 1.54) is 11.8 Å². The maximum absolute atomic E-state index is 13.4. The first kappa shape index (κ1) is 27.5. The fraction of sp³-hybridized carbons (Fsp3) is 0.214. The van der Waals surface area contributed by atoms with Crippen LogP contribution in [-0.4, -0.2) is 42.7 Å². The van der Waals surface area contributed by atoms with Crippen LogP contribution in [0.5, 0.6) is 0 Å². The van der Waals surface area contributed by atoms with Crippen molar-refractivity contribution < 1.29 is 31.9 Å². The highest BCUT2D eigenvalue weighted by Crippen LogP contribution is 2.33. The van der Waals surface area contributed by atoms with Crippen molar-refractivity contribution in [3.63, 3.8) is 0 Å². The minimum absolute atomic E-state index is 0.313. The number of benzodiazepines with no additional fused rings is 1. The highest BCUT2D eigenvalue weighted by Gasteiger charge is 2.35. The smallest absolute Gasteiger partial charge is 0.344 e. The van der Waals surface area contributed by atoms with E-state index in [9.17, 15) is 31.9 Å². The van der Waals surface area contributed by atoms with Crippen molar-refractivity contribution in [3.05, 3.63) is 101 Å². The van der Waals surface area contributed by atoms with Gasteiger partial charge in [-0.15, -0.1) is 0 Å². The van der Waals surface area contributed by atoms with Gasteiger partial charge in [-0.3, -0.25) is 14.4 Å². The number of carbonyl (C=O) groups is 3. The summed E-state index contributed by atoms with van der Waals surface area (Å²) in [5.74, 6) is -3.27. The largest absolute Gasteiger partial charge is 0.416 e. The van der Waals surface area contributed by atoms with Crippen molar-refractivity contribution in [3.8, 4) is 0 Å². The molecule has 3 aromatic carbocycles. The number of hydrogen-bond donors (Lipinski definition) is 2. The molecular weight excluding hydrogens is 516 g/mol. The minimum atomic E-state index is -4.86. The maximum atomic E-state index is 13.4. The molecule has 1 aliphatic rings. The molecule has 4 rings (SSSR count). The predicted molar refractivity (Wildman–Crippen MR) is 137 cm³/mol. The third-order valence-corrected chi connectivity index (χ3v) is 6.17. The highest BCUT2D eigenvalue weighted by atomic mass is 19.4. The summed E-state index contributed by atoms with van der Waals surface area (Å²) in [6, 6.07) is 17.0. The van der Waals surface area contributed by atoms with Gasteiger partial charge in [-0.25, -0.2) is 9.38 Å². The molecule has 3 aromatic rings. The minimum Gasteiger partial charge on any atom is -0.344 e. The Bertz CT molecular complexity index is 1440. The Balaban J connectivity index is 1.53. The molecule has 1 aliphatic heterocycles. The van der Waals surface area contributed by atoms with Gasteiger partial charge in [-0.1, -0.05) is 54.6 Å². The van der Waals surface area contributed by atoms with E-state index >= 15 is 0 Å². The number of aliphatic imine (C=N–C) groups is 1. The van der Waals surface area contributed by atoms with Gasteiger partial charge in [0.2, 0.25) is 18.0 Å². The molecule has 3 amide bonds. The van der Waals surface area contributed by atoms with Gasteiger partial charge in [0.25, 0.3) is 5.91 Å². The van der Waals surface area contributed by atoms with Gasteiger partial charge in [0, 0.05) is 18.2 Å². The van der Waals surface area contributed by atoms with E-state index in [1.807, 2.05) is 36.4 Å². The lowest BCUT2D eigenvalue weighted by Crippen LogP contribution is -2.52. The molecule has 0 aromatic heterocycles. The summed E-state index contributed by atoms with van der Waals surface area (Å²) in [6.07, 6.45) is -6.93. The number of benzene rings is 3. The standard InChI is InChI=1S/C28H24F4N4O3/c1-16(33-23(37)14-18-12-13-19(29)15-21(18)28(30,31)32)26(38)35-25-27(39)36(2)22-11-7-6-10-20(22)24(34-25)17-8-4-3-5-9-17/h3-13,15-16,25H,14H2,1-2H3,(H,33,37)(H,35,38)/t16-,25+/m0/s1. The van der Waals surface area contributed by atoms with Crippen molar-refractivity contribution in [2.75, 3.05) is 11.9 Å². The van der Waals surface area contributed by atoms with Gasteiger partial charge < -0.3 is 15.5 Å². The zero-order valence-electron chi connectivity index (χ0n) is 20.9. The van der Waals surface area contributed by atoms with Gasteiger partial charge in [-0.2, -0.15) is 13.2 Å². The predicted octanol–water partition coefficient (Wildman–Crippen LogP) is 3.85. The second-order valence-electron chi connectivity index (χ2n) is 8.93. The molecule has 39 heavy (non-hydrogen) atoms. The quantitative estimate of drug-likeness (QED) is 0.466. The molecule has 0 bridgehead atoms. The molecule has 2 N–H and O–H groups in total. The Labute approximate surface area is 221 Å². The molecule has 2 atom stereocenters. The molecule has 0 fully saturated rings. The third kappa shape index (κ3) is 6.14. The Morgan fingerprint density at radius 1 is 1.03 bits per heavy atom. The maximum Gasteiger partial charge on any atom is 0.416 e. The number of fused-ring (bicyclic) bond motifs is 1. The molecule has 0 saturated heterocycles. The van der Waals surface area contributed by atoms with E-state index < -0.39 is 59.5 Å². The van der Waals surface area contributed by atoms with Crippen LogP contribution in [0.4, 0.5) is 23.2 Å². The number of anilines is 1. The van der Waals surface area contributed by atoms with Crippen LogP contribution < -0.4 is 15.5 Å². The normalized spacial score (nSPS) is 16.1. The van der Waals surface area contributed by atoms with E-state index in [-0.39, 0.29) is 0 Å². The molecule has 0 radical (unpaired) electrons. The van der Waals surface area contributed by atoms with Crippen molar-refractivity contribution in [2.24, 2.45) is 4.99 Å². The van der Waals surface area contributed by atoms with Gasteiger partial charge >= 0.3 is 6.18 Å². The number of nitrogens with one attached hydrogen (secondary N) is 2. The van der Waals surface area contributed by atoms with E-state index in [0.29, 0.717) is 28.6 Å². The Hall–Kier alpha value is -4.54. The average molecular weight is 541 g/mol. The summed E-state index contributed by atoms with van der Waals surface area (Å²) in [5, 5.41) is 4.85. The van der Waals surface area contributed by atoms with E-state index in [4.69, 9.17) is 0 Å². The molecule has 0 spiro atoms. The second-order valence-corrected chi connectivity index (χ2v) is 8.93. The number of likely N-dealkylation sites (N-methyl/N-ethyl adjacent to an activating group) is 1. The Morgan fingerprint density at radius 3 is 2.38 bits per heavy atom. The fourth-order valence-electron chi connectivity index (χ4n) is 4.20. The van der Waals surface area contributed by atoms with Gasteiger partial charge in [0.15, 0.2) is 0 Å². The van der Waals surface area contributed by atoms with Gasteiger partial charge in [0.1, 0.15) is 11.9 Å². The van der Waals surface area contributed by atoms with Crippen LogP contribution in [0.2, 0.25) is 0 Å². The molecule has 1 heterocycles. The first-order valence-corrected chi connectivity index (χ1v) is 11.9. The molecule has 0 saturated carbocycles. The van der Waals surface area contributed by atoms with E-state index in [2.05, 4.69) is 15.6 Å². The Kier molecular flexibility index (Phi) is 7.80. The first-order valence-electron chi connectivity index (χ1n) is 11.9. The summed E-state index contributed by atoms with van der Waals surface area (Å²) in [5.41, 5.74) is 0.740. The van der Waals surface area contributed by atoms with Crippen molar-refractivity contribution >= 4 is 29.1 Å². The van der Waals surface area contributed by atoms with Gasteiger partial charge in [0.05, 0.1) is 23.4 Å². The molecular formula is C28H24F4N4O3. The number of amides is 3. The number of rotatable bonds is 6. The zero-order chi connectivity index (χ0) is 28.3. The van der Waals surface area contributed by atoms with Crippen LogP contribution in [0, 0.1) is 5.82 Å². The lowest BCUT2D eigenvalue weighted by molar-refractivity contribution is -0.138. The summed E-state index contributed by atoms with van der Waals surface area (Å²) < 4.78 is 53.2. The lowest BCUT2D eigenvalue weighted by Gasteiger charge is -2.22. The number of para-hydroxylation sites is 1. The molecule has 0 aliphatic carbocycles. The molecule has 0 unspecified atom stereocenters. The molecule has 202 valence electrons. The van der Waals surface area contributed by atoms with Crippen molar-refractivity contribution in [1.82, 2.24) is 10.6 Å². The van der Waals surface area contributed by atoms with Crippen molar-refractivity contribution in [2.45, 2.75) is 31.7 Å². The van der Waals surface area contributed by atoms with Gasteiger partial charge in [-0.05, 0) is 30.7 Å². The number of halogens is 4. The van der Waals surface area contributed by atoms with Crippen LogP contribution >= 0.6 is 0 Å². The number of carbonyl (C=O) groups excluding carboxylic acids is 3. The van der Waals surface area contributed by atoms with Crippen LogP contribution in [0.15, 0.2) is 77.8 Å². The summed E-state index contributed by atoms with van der Waals surface area (Å²) in [6.45, 7) is 1.32. The highest BCUT2D eigenvalue weighted by molar-refractivity contribution is 6.20. The third-order valence-electron chi connectivity index (χ3n) is 6.17. The number of hydrogen-bond acceptors (Lipinski definition) is 4. The van der Waals surface area contributed by atoms with E-state index in [0.717, 1.165) is 12.1 Å². The lowest BCUT2D eigenvalue weighted by atomic mass is 10.0. The fourth-order valence-corrected chi connectivity index (χ4v) is 4.20. The number of alkyl halides is 3. The molecule has 11 heteroatoms. The monoisotopic (exact) mass is 540 g/mol. The summed E-state index contributed by atoms with van der Waals surface area (Å²) in [4.78, 5) is 44.6. The second kappa shape index (κ2) is 11.1. The number of nitrogens with zero attached hydrogens (tertiary/aromatic N) is 2. The zero-order valence-corrected chi connectivity index (χ0v) is 20.9. The summed E-state index contributed by atoms with van der Waals surface area (Å²) >= 11 is 0. The Morgan fingerprint density at radius 2 is 1.69 bits per heavy atom.